The van der Waals surface area contributed by atoms with E-state index in [4.69, 9.17) is 10.8 Å². The van der Waals surface area contributed by atoms with E-state index in [1.165, 1.54) is 0 Å². The van der Waals surface area contributed by atoms with Gasteiger partial charge in [-0.25, -0.2) is 0 Å². The highest BCUT2D eigenvalue weighted by atomic mass is 16.4. The first-order valence-corrected chi connectivity index (χ1v) is 7.36. The van der Waals surface area contributed by atoms with Crippen molar-refractivity contribution >= 4 is 23.7 Å². The number of nitrogens with one attached hydrogen (secondary N) is 3. The fraction of sp³-hybridized carbons (Fsp3) is 0.250. The molecule has 1 rings (SSSR count). The fourth-order valence-corrected chi connectivity index (χ4v) is 1.87. The molecule has 9 nitrogen and oxygen atoms in total. The predicted molar refractivity (Wildman–Crippen MR) is 89.1 cm³/mol. The number of rotatable bonds is 9. The van der Waals surface area contributed by atoms with Gasteiger partial charge in [0.15, 0.2) is 0 Å². The van der Waals surface area contributed by atoms with Crippen molar-refractivity contribution < 1.29 is 24.3 Å². The smallest absolute Gasteiger partial charge is 0.322 e. The third-order valence-electron chi connectivity index (χ3n) is 3.07. The van der Waals surface area contributed by atoms with Gasteiger partial charge in [0.1, 0.15) is 12.6 Å². The second kappa shape index (κ2) is 9.83. The van der Waals surface area contributed by atoms with Crippen molar-refractivity contribution in [3.8, 4) is 0 Å². The second-order valence-electron chi connectivity index (χ2n) is 5.06. The highest BCUT2D eigenvalue weighted by Crippen LogP contribution is 2.04. The SMILES string of the molecule is C=C(NC(=O)CN)C(=O)N[C@@H](Cc1ccccc1)C(=O)NCC(=O)O. The van der Waals surface area contributed by atoms with Crippen LogP contribution in [0.4, 0.5) is 0 Å². The standard InChI is InChI=1S/C16H20N4O5/c1-10(19-13(21)8-17)15(24)20-12(16(25)18-9-14(22)23)7-11-5-3-2-4-6-11/h2-6,12H,1,7-9,17H2,(H,18,25)(H,19,21)(H,20,24)(H,22,23)/t12-/m0/s1. The van der Waals surface area contributed by atoms with Crippen LogP contribution in [-0.4, -0.2) is 47.9 Å². The summed E-state index contributed by atoms with van der Waals surface area (Å²) in [6, 6.07) is 7.81. The van der Waals surface area contributed by atoms with Crippen molar-refractivity contribution in [1.82, 2.24) is 16.0 Å². The molecule has 0 aromatic heterocycles. The summed E-state index contributed by atoms with van der Waals surface area (Å²) in [6.07, 6.45) is 0.135. The Labute approximate surface area is 144 Å². The molecule has 0 unspecified atom stereocenters. The molecule has 1 aromatic rings. The molecule has 0 bridgehead atoms. The Hall–Kier alpha value is -3.20. The zero-order valence-electron chi connectivity index (χ0n) is 13.5. The van der Waals surface area contributed by atoms with Gasteiger partial charge in [0, 0.05) is 6.42 Å². The summed E-state index contributed by atoms with van der Waals surface area (Å²) < 4.78 is 0. The second-order valence-corrected chi connectivity index (χ2v) is 5.06. The zero-order valence-corrected chi connectivity index (χ0v) is 13.5. The van der Waals surface area contributed by atoms with Crippen molar-refractivity contribution in [2.24, 2.45) is 5.73 Å². The van der Waals surface area contributed by atoms with Gasteiger partial charge in [-0.1, -0.05) is 36.9 Å². The number of hydrogen-bond acceptors (Lipinski definition) is 5. The minimum atomic E-state index is -1.21. The van der Waals surface area contributed by atoms with Gasteiger partial charge in [-0.3, -0.25) is 19.2 Å². The Balaban J connectivity index is 2.80. The van der Waals surface area contributed by atoms with Crippen LogP contribution in [0.25, 0.3) is 0 Å². The molecule has 6 N–H and O–H groups in total. The van der Waals surface area contributed by atoms with Crippen molar-refractivity contribution in [2.75, 3.05) is 13.1 Å². The predicted octanol–water partition coefficient (Wildman–Crippen LogP) is -1.50. The third kappa shape index (κ3) is 7.27. The van der Waals surface area contributed by atoms with Crippen LogP contribution in [-0.2, 0) is 25.6 Å². The van der Waals surface area contributed by atoms with Crippen LogP contribution in [0.5, 0.6) is 0 Å². The normalized spacial score (nSPS) is 11.1. The molecule has 1 aromatic carbocycles. The molecule has 0 heterocycles. The molecule has 9 heteroatoms. The van der Waals surface area contributed by atoms with E-state index < -0.39 is 36.3 Å². The van der Waals surface area contributed by atoms with E-state index in [1.54, 1.807) is 30.3 Å². The van der Waals surface area contributed by atoms with Crippen LogP contribution in [0.1, 0.15) is 5.56 Å². The molecule has 25 heavy (non-hydrogen) atoms. The lowest BCUT2D eigenvalue weighted by Gasteiger charge is -2.19. The van der Waals surface area contributed by atoms with E-state index in [0.717, 1.165) is 5.56 Å². The zero-order chi connectivity index (χ0) is 18.8. The molecular formula is C16H20N4O5. The number of aliphatic carboxylic acids is 1. The number of carboxylic acid groups (broad SMARTS) is 1. The fourth-order valence-electron chi connectivity index (χ4n) is 1.87. The summed E-state index contributed by atoms with van der Waals surface area (Å²) in [5.74, 6) is -3.25. The van der Waals surface area contributed by atoms with E-state index >= 15 is 0 Å². The minimum absolute atomic E-state index is 0.135. The molecule has 0 saturated carbocycles. The van der Waals surface area contributed by atoms with Gasteiger partial charge >= 0.3 is 5.97 Å². The summed E-state index contributed by atoms with van der Waals surface area (Å²) in [5.41, 5.74) is 5.63. The van der Waals surface area contributed by atoms with E-state index in [2.05, 4.69) is 22.5 Å². The lowest BCUT2D eigenvalue weighted by atomic mass is 10.1. The van der Waals surface area contributed by atoms with Gasteiger partial charge in [-0.2, -0.15) is 0 Å². The van der Waals surface area contributed by atoms with Gasteiger partial charge in [-0.15, -0.1) is 0 Å². The van der Waals surface area contributed by atoms with Gasteiger partial charge in [0.05, 0.1) is 12.2 Å². The molecule has 0 radical (unpaired) electrons. The first-order valence-electron chi connectivity index (χ1n) is 7.36. The molecule has 134 valence electrons. The van der Waals surface area contributed by atoms with Gasteiger partial charge in [0.25, 0.3) is 5.91 Å². The van der Waals surface area contributed by atoms with Gasteiger partial charge in [-0.05, 0) is 5.56 Å². The maximum absolute atomic E-state index is 12.2. The van der Waals surface area contributed by atoms with Crippen molar-refractivity contribution in [3.05, 3.63) is 48.2 Å². The maximum atomic E-state index is 12.2. The highest BCUT2D eigenvalue weighted by Gasteiger charge is 2.23. The highest BCUT2D eigenvalue weighted by molar-refractivity contribution is 5.99. The number of benzene rings is 1. The van der Waals surface area contributed by atoms with Crippen LogP contribution in [0.2, 0.25) is 0 Å². The molecule has 0 aliphatic carbocycles. The Morgan fingerprint density at radius 3 is 2.36 bits per heavy atom. The monoisotopic (exact) mass is 348 g/mol. The Kier molecular flexibility index (Phi) is 7.80. The summed E-state index contributed by atoms with van der Waals surface area (Å²) in [6.45, 7) is 2.51. The number of hydrogen-bond donors (Lipinski definition) is 5. The van der Waals surface area contributed by atoms with Crippen LogP contribution in [0.3, 0.4) is 0 Å². The van der Waals surface area contributed by atoms with E-state index in [-0.39, 0.29) is 18.7 Å². The summed E-state index contributed by atoms with van der Waals surface area (Å²) in [5, 5.41) is 15.5. The Morgan fingerprint density at radius 2 is 1.80 bits per heavy atom. The maximum Gasteiger partial charge on any atom is 0.322 e. The average molecular weight is 348 g/mol. The molecular weight excluding hydrogens is 328 g/mol. The minimum Gasteiger partial charge on any atom is -0.480 e. The molecule has 0 saturated heterocycles. The van der Waals surface area contributed by atoms with Crippen molar-refractivity contribution in [2.45, 2.75) is 12.5 Å². The van der Waals surface area contributed by atoms with E-state index in [1.807, 2.05) is 0 Å². The molecule has 0 spiro atoms. The molecule has 0 fully saturated rings. The van der Waals surface area contributed by atoms with Crippen molar-refractivity contribution in [3.63, 3.8) is 0 Å². The average Bonchev–Trinajstić information content (AvgIpc) is 2.59. The first kappa shape index (κ1) is 19.8. The first-order chi connectivity index (χ1) is 11.8. The molecule has 3 amide bonds. The van der Waals surface area contributed by atoms with Gasteiger partial charge in [0.2, 0.25) is 11.8 Å². The topological polar surface area (TPSA) is 151 Å². The Bertz CT molecular complexity index is 660. The Morgan fingerprint density at radius 1 is 1.16 bits per heavy atom. The summed E-state index contributed by atoms with van der Waals surface area (Å²) in [7, 11) is 0. The van der Waals surface area contributed by atoms with Crippen LogP contribution in [0, 0.1) is 0 Å². The third-order valence-corrected chi connectivity index (χ3v) is 3.07. The van der Waals surface area contributed by atoms with Gasteiger partial charge < -0.3 is 26.8 Å². The summed E-state index contributed by atoms with van der Waals surface area (Å²) >= 11 is 0. The van der Waals surface area contributed by atoms with Crippen molar-refractivity contribution in [1.29, 1.82) is 0 Å². The number of carboxylic acids is 1. The van der Waals surface area contributed by atoms with E-state index in [9.17, 15) is 19.2 Å². The quantitative estimate of drug-likeness (QED) is 0.343. The van der Waals surface area contributed by atoms with Crippen LogP contribution < -0.4 is 21.7 Å². The van der Waals surface area contributed by atoms with E-state index in [0.29, 0.717) is 0 Å². The molecule has 0 aliphatic heterocycles. The largest absolute Gasteiger partial charge is 0.480 e. The number of amides is 3. The number of carbonyl (C=O) groups is 4. The number of nitrogens with two attached hydrogens (primary N) is 1. The molecule has 0 aliphatic rings. The summed E-state index contributed by atoms with van der Waals surface area (Å²) in [4.78, 5) is 46.0. The number of carbonyl (C=O) groups excluding carboxylic acids is 3. The lowest BCUT2D eigenvalue weighted by molar-refractivity contribution is -0.138. The van der Waals surface area contributed by atoms with Crippen LogP contribution in [0.15, 0.2) is 42.6 Å². The lowest BCUT2D eigenvalue weighted by Crippen LogP contribution is -2.50. The van der Waals surface area contributed by atoms with Crippen LogP contribution >= 0.6 is 0 Å². The molecule has 1 atom stereocenters.